The molecule has 0 N–H and O–H groups in total. The summed E-state index contributed by atoms with van der Waals surface area (Å²) in [5.74, 6) is -1.76. The smallest absolute Gasteiger partial charge is 0.387 e. The van der Waals surface area contributed by atoms with Gasteiger partial charge in [-0.05, 0) is 35.9 Å². The van der Waals surface area contributed by atoms with Crippen LogP contribution >= 0.6 is 0 Å². The zero-order valence-corrected chi connectivity index (χ0v) is 15.9. The van der Waals surface area contributed by atoms with Crippen LogP contribution in [0.15, 0.2) is 49.1 Å². The van der Waals surface area contributed by atoms with Crippen molar-refractivity contribution in [2.45, 2.75) is 13.2 Å². The predicted octanol–water partition coefficient (Wildman–Crippen LogP) is 3.44. The van der Waals surface area contributed by atoms with E-state index in [1.165, 1.54) is 49.6 Å². The molecule has 30 heavy (non-hydrogen) atoms. The molecular weight excluding hydrogens is 400 g/mol. The van der Waals surface area contributed by atoms with Crippen molar-refractivity contribution in [1.82, 2.24) is 4.90 Å². The van der Waals surface area contributed by atoms with E-state index in [9.17, 15) is 23.2 Å². The van der Waals surface area contributed by atoms with Gasteiger partial charge in [0.15, 0.2) is 11.5 Å². The Hall–Kier alpha value is -3.75. The summed E-state index contributed by atoms with van der Waals surface area (Å²) >= 11 is 0. The Morgan fingerprint density at radius 2 is 1.83 bits per heavy atom. The molecule has 2 aromatic carbocycles. The molecular formula is C21H17F2NO6. The van der Waals surface area contributed by atoms with E-state index >= 15 is 0 Å². The number of carbonyl (C=O) groups is 3. The number of nitrogens with zero attached hydrogens (tertiary/aromatic N) is 1. The summed E-state index contributed by atoms with van der Waals surface area (Å²) in [4.78, 5) is 38.0. The number of fused-ring (bicyclic) bond motifs is 1. The molecule has 0 atom stereocenters. The molecule has 9 heteroatoms. The van der Waals surface area contributed by atoms with E-state index in [2.05, 4.69) is 11.3 Å². The Bertz CT molecular complexity index is 1020. The molecule has 0 bridgehead atoms. The maximum Gasteiger partial charge on any atom is 0.387 e. The lowest BCUT2D eigenvalue weighted by molar-refractivity contribution is -0.0512. The molecule has 156 valence electrons. The van der Waals surface area contributed by atoms with Gasteiger partial charge in [-0.25, -0.2) is 4.79 Å². The summed E-state index contributed by atoms with van der Waals surface area (Å²) in [6, 6.07) is 8.23. The summed E-state index contributed by atoms with van der Waals surface area (Å²) in [6.07, 6.45) is 1.43. The van der Waals surface area contributed by atoms with Crippen LogP contribution in [0.5, 0.6) is 11.5 Å². The lowest BCUT2D eigenvalue weighted by atomic mass is 10.1. The van der Waals surface area contributed by atoms with Crippen molar-refractivity contribution in [3.05, 3.63) is 71.3 Å². The molecule has 1 aliphatic rings. The topological polar surface area (TPSA) is 82.1 Å². The minimum absolute atomic E-state index is 0.0628. The standard InChI is InChI=1S/C21H17F2NO6/c1-3-8-24-18(25)14-6-5-13(10-15(14)19(24)26)20(27)29-11-12-4-7-16(30-21(22)23)17(9-12)28-2/h3-7,9-10,21H,1,8,11H2,2H3. The Morgan fingerprint density at radius 3 is 2.50 bits per heavy atom. The van der Waals surface area contributed by atoms with Crippen molar-refractivity contribution >= 4 is 17.8 Å². The van der Waals surface area contributed by atoms with Gasteiger partial charge in [0.25, 0.3) is 11.8 Å². The lowest BCUT2D eigenvalue weighted by Gasteiger charge is -2.12. The van der Waals surface area contributed by atoms with Gasteiger partial charge in [-0.1, -0.05) is 12.1 Å². The van der Waals surface area contributed by atoms with E-state index in [0.29, 0.717) is 5.56 Å². The zero-order valence-electron chi connectivity index (χ0n) is 15.9. The highest BCUT2D eigenvalue weighted by molar-refractivity contribution is 6.22. The van der Waals surface area contributed by atoms with Crippen molar-refractivity contribution < 1.29 is 37.4 Å². The van der Waals surface area contributed by atoms with E-state index < -0.39 is 24.4 Å². The normalized spacial score (nSPS) is 12.7. The molecule has 1 aliphatic heterocycles. The van der Waals surface area contributed by atoms with E-state index in [1.54, 1.807) is 0 Å². The average Bonchev–Trinajstić information content (AvgIpc) is 2.97. The maximum absolute atomic E-state index is 12.4. The first-order valence-corrected chi connectivity index (χ1v) is 8.75. The molecule has 2 aromatic rings. The van der Waals surface area contributed by atoms with Crippen LogP contribution in [0, 0.1) is 0 Å². The molecule has 0 aromatic heterocycles. The Kier molecular flexibility index (Phi) is 6.10. The highest BCUT2D eigenvalue weighted by Crippen LogP contribution is 2.30. The van der Waals surface area contributed by atoms with Crippen LogP contribution in [0.4, 0.5) is 8.78 Å². The highest BCUT2D eigenvalue weighted by atomic mass is 19.3. The number of imide groups is 1. The van der Waals surface area contributed by atoms with Gasteiger partial charge in [0, 0.05) is 6.54 Å². The van der Waals surface area contributed by atoms with Crippen LogP contribution in [0.3, 0.4) is 0 Å². The minimum atomic E-state index is -3.00. The number of amides is 2. The number of hydrogen-bond donors (Lipinski definition) is 0. The molecule has 0 spiro atoms. The molecule has 3 rings (SSSR count). The number of hydrogen-bond acceptors (Lipinski definition) is 6. The third kappa shape index (κ3) is 4.14. The first kappa shape index (κ1) is 21.0. The largest absolute Gasteiger partial charge is 0.493 e. The Labute approximate surface area is 170 Å². The second kappa shape index (κ2) is 8.73. The first-order chi connectivity index (χ1) is 14.3. The number of alkyl halides is 2. The van der Waals surface area contributed by atoms with E-state index in [0.717, 1.165) is 4.90 Å². The SMILES string of the molecule is C=CCN1C(=O)c2ccc(C(=O)OCc3ccc(OC(F)F)c(OC)c3)cc2C1=O. The number of carbonyl (C=O) groups excluding carboxylic acids is 3. The number of halogens is 2. The van der Waals surface area contributed by atoms with Gasteiger partial charge in [-0.3, -0.25) is 14.5 Å². The van der Waals surface area contributed by atoms with Gasteiger partial charge in [-0.2, -0.15) is 8.78 Å². The summed E-state index contributed by atoms with van der Waals surface area (Å²) < 4.78 is 39.3. The molecule has 0 saturated carbocycles. The van der Waals surface area contributed by atoms with Crippen molar-refractivity contribution in [3.63, 3.8) is 0 Å². The van der Waals surface area contributed by atoms with Gasteiger partial charge in [0.1, 0.15) is 6.61 Å². The summed E-state index contributed by atoms with van der Waals surface area (Å²) in [5.41, 5.74) is 0.899. The third-order valence-corrected chi connectivity index (χ3v) is 4.33. The second-order valence-electron chi connectivity index (χ2n) is 6.21. The number of rotatable bonds is 8. The summed E-state index contributed by atoms with van der Waals surface area (Å²) in [7, 11) is 1.29. The molecule has 0 aliphatic carbocycles. The molecule has 0 radical (unpaired) electrons. The zero-order chi connectivity index (χ0) is 21.8. The van der Waals surface area contributed by atoms with E-state index in [4.69, 9.17) is 9.47 Å². The summed E-state index contributed by atoms with van der Waals surface area (Å²) in [5, 5.41) is 0. The molecule has 7 nitrogen and oxygen atoms in total. The third-order valence-electron chi connectivity index (χ3n) is 4.33. The molecule has 1 heterocycles. The molecule has 0 unspecified atom stereocenters. The maximum atomic E-state index is 12.4. The number of methoxy groups -OCH3 is 1. The van der Waals surface area contributed by atoms with Crippen molar-refractivity contribution in [2.75, 3.05) is 13.7 Å². The minimum Gasteiger partial charge on any atom is -0.493 e. The summed E-state index contributed by atoms with van der Waals surface area (Å²) in [6.45, 7) is 0.411. The van der Waals surface area contributed by atoms with Crippen LogP contribution in [-0.2, 0) is 11.3 Å². The first-order valence-electron chi connectivity index (χ1n) is 8.75. The van der Waals surface area contributed by atoms with Gasteiger partial charge < -0.3 is 14.2 Å². The lowest BCUT2D eigenvalue weighted by Crippen LogP contribution is -2.29. The fraction of sp³-hybridized carbons (Fsp3) is 0.190. The number of benzene rings is 2. The van der Waals surface area contributed by atoms with Crippen LogP contribution in [0.25, 0.3) is 0 Å². The van der Waals surface area contributed by atoms with E-state index in [-0.39, 0.29) is 41.3 Å². The van der Waals surface area contributed by atoms with Crippen molar-refractivity contribution in [3.8, 4) is 11.5 Å². The quantitative estimate of drug-likeness (QED) is 0.372. The fourth-order valence-corrected chi connectivity index (χ4v) is 2.94. The van der Waals surface area contributed by atoms with Gasteiger partial charge >= 0.3 is 12.6 Å². The van der Waals surface area contributed by atoms with Gasteiger partial charge in [0.05, 0.1) is 23.8 Å². The molecule has 0 fully saturated rings. The second-order valence-corrected chi connectivity index (χ2v) is 6.21. The number of ether oxygens (including phenoxy) is 3. The Morgan fingerprint density at radius 1 is 1.10 bits per heavy atom. The van der Waals surface area contributed by atoms with Crippen molar-refractivity contribution in [1.29, 1.82) is 0 Å². The van der Waals surface area contributed by atoms with Gasteiger partial charge in [-0.15, -0.1) is 6.58 Å². The Balaban J connectivity index is 1.72. The fourth-order valence-electron chi connectivity index (χ4n) is 2.94. The average molecular weight is 417 g/mol. The van der Waals surface area contributed by atoms with Crippen LogP contribution in [0.1, 0.15) is 36.6 Å². The van der Waals surface area contributed by atoms with Crippen LogP contribution in [-0.4, -0.2) is 42.9 Å². The molecule has 2 amide bonds. The monoisotopic (exact) mass is 417 g/mol. The van der Waals surface area contributed by atoms with Gasteiger partial charge in [0.2, 0.25) is 0 Å². The van der Waals surface area contributed by atoms with Crippen LogP contribution in [0.2, 0.25) is 0 Å². The highest BCUT2D eigenvalue weighted by Gasteiger charge is 2.35. The van der Waals surface area contributed by atoms with Crippen molar-refractivity contribution in [2.24, 2.45) is 0 Å². The van der Waals surface area contributed by atoms with E-state index in [1.807, 2.05) is 0 Å². The predicted molar refractivity (Wildman–Crippen MR) is 101 cm³/mol. The van der Waals surface area contributed by atoms with Crippen LogP contribution < -0.4 is 9.47 Å². The molecule has 0 saturated heterocycles. The number of esters is 1.